The zero-order valence-electron chi connectivity index (χ0n) is 10.7. The van der Waals surface area contributed by atoms with Gasteiger partial charge in [0, 0.05) is 17.6 Å². The average Bonchev–Trinajstić information content (AvgIpc) is 2.40. The van der Waals surface area contributed by atoms with Crippen LogP contribution in [0.25, 0.3) is 0 Å². The van der Waals surface area contributed by atoms with E-state index < -0.39 is 0 Å². The molecule has 0 bridgehead atoms. The third kappa shape index (κ3) is 4.04. The summed E-state index contributed by atoms with van der Waals surface area (Å²) in [5.74, 6) is 0. The lowest BCUT2D eigenvalue weighted by atomic mass is 10.1. The Morgan fingerprint density at radius 1 is 1.44 bits per heavy atom. The van der Waals surface area contributed by atoms with Crippen LogP contribution in [0, 0.1) is 0 Å². The third-order valence-corrected chi connectivity index (χ3v) is 3.57. The van der Waals surface area contributed by atoms with E-state index in [9.17, 15) is 0 Å². The average molecular weight is 266 g/mol. The van der Waals surface area contributed by atoms with Gasteiger partial charge in [0.25, 0.3) is 0 Å². The molecule has 3 heteroatoms. The van der Waals surface area contributed by atoms with Crippen LogP contribution in [0.15, 0.2) is 36.6 Å². The summed E-state index contributed by atoms with van der Waals surface area (Å²) < 4.78 is 5.53. The van der Waals surface area contributed by atoms with Gasteiger partial charge in [0.2, 0.25) is 0 Å². The molecule has 1 aliphatic heterocycles. The van der Waals surface area contributed by atoms with Gasteiger partial charge >= 0.3 is 0 Å². The van der Waals surface area contributed by atoms with Crippen molar-refractivity contribution in [1.29, 1.82) is 0 Å². The molecule has 2 unspecified atom stereocenters. The minimum absolute atomic E-state index is 0.309. The molecule has 1 N–H and O–H groups in total. The molecule has 0 aromatic heterocycles. The highest BCUT2D eigenvalue weighted by Gasteiger charge is 2.12. The summed E-state index contributed by atoms with van der Waals surface area (Å²) in [6.07, 6.45) is 7.36. The SMILES string of the molecule is CC(Cc1ccccc1Cl)NCC1CCC=CO1. The largest absolute Gasteiger partial charge is 0.497 e. The highest BCUT2D eigenvalue weighted by atomic mass is 35.5. The van der Waals surface area contributed by atoms with Gasteiger partial charge in [-0.15, -0.1) is 0 Å². The molecular weight excluding hydrogens is 246 g/mol. The fraction of sp³-hybridized carbons (Fsp3) is 0.467. The van der Waals surface area contributed by atoms with Crippen LogP contribution in [0.5, 0.6) is 0 Å². The van der Waals surface area contributed by atoms with Gasteiger partial charge in [0.15, 0.2) is 0 Å². The predicted octanol–water partition coefficient (Wildman–Crippen LogP) is 3.55. The molecule has 2 rings (SSSR count). The fourth-order valence-corrected chi connectivity index (χ4v) is 2.35. The molecule has 1 aliphatic rings. The summed E-state index contributed by atoms with van der Waals surface area (Å²) >= 11 is 6.16. The summed E-state index contributed by atoms with van der Waals surface area (Å²) in [7, 11) is 0. The van der Waals surface area contributed by atoms with Crippen LogP contribution in [0.4, 0.5) is 0 Å². The predicted molar refractivity (Wildman–Crippen MR) is 75.9 cm³/mol. The number of ether oxygens (including phenoxy) is 1. The minimum Gasteiger partial charge on any atom is -0.497 e. The van der Waals surface area contributed by atoms with Crippen molar-refractivity contribution in [3.63, 3.8) is 0 Å². The van der Waals surface area contributed by atoms with E-state index in [0.29, 0.717) is 12.1 Å². The van der Waals surface area contributed by atoms with E-state index in [2.05, 4.69) is 24.4 Å². The lowest BCUT2D eigenvalue weighted by Gasteiger charge is -2.22. The molecule has 0 radical (unpaired) electrons. The molecule has 18 heavy (non-hydrogen) atoms. The second-order valence-electron chi connectivity index (χ2n) is 4.81. The van der Waals surface area contributed by atoms with Gasteiger partial charge < -0.3 is 10.1 Å². The molecule has 0 saturated heterocycles. The standard InChI is InChI=1S/C15H20ClNO/c1-12(10-13-6-2-3-8-15(13)16)17-11-14-7-4-5-9-18-14/h2-3,5-6,8-9,12,14,17H,4,7,10-11H2,1H3. The van der Waals surface area contributed by atoms with Crippen molar-refractivity contribution in [2.24, 2.45) is 0 Å². The van der Waals surface area contributed by atoms with Gasteiger partial charge in [0.05, 0.1) is 6.26 Å². The van der Waals surface area contributed by atoms with Crippen LogP contribution in [-0.2, 0) is 11.2 Å². The first-order valence-electron chi connectivity index (χ1n) is 6.53. The Balaban J connectivity index is 1.76. The third-order valence-electron chi connectivity index (χ3n) is 3.20. The summed E-state index contributed by atoms with van der Waals surface area (Å²) in [5.41, 5.74) is 1.20. The van der Waals surface area contributed by atoms with Crippen molar-refractivity contribution in [2.75, 3.05) is 6.54 Å². The number of nitrogens with one attached hydrogen (secondary N) is 1. The lowest BCUT2D eigenvalue weighted by molar-refractivity contribution is 0.120. The quantitative estimate of drug-likeness (QED) is 0.879. The summed E-state index contributed by atoms with van der Waals surface area (Å²) in [6, 6.07) is 8.42. The van der Waals surface area contributed by atoms with Crippen molar-refractivity contribution >= 4 is 11.6 Å². The van der Waals surface area contributed by atoms with Crippen LogP contribution in [0.2, 0.25) is 5.02 Å². The molecule has 1 heterocycles. The molecule has 1 aromatic rings. The maximum absolute atomic E-state index is 6.16. The zero-order chi connectivity index (χ0) is 12.8. The molecule has 0 saturated carbocycles. The van der Waals surface area contributed by atoms with Gasteiger partial charge in [-0.25, -0.2) is 0 Å². The topological polar surface area (TPSA) is 21.3 Å². The smallest absolute Gasteiger partial charge is 0.110 e. The Labute approximate surface area is 114 Å². The molecule has 98 valence electrons. The Morgan fingerprint density at radius 3 is 3.00 bits per heavy atom. The molecule has 0 fully saturated rings. The summed E-state index contributed by atoms with van der Waals surface area (Å²) in [5, 5.41) is 4.36. The van der Waals surface area contributed by atoms with E-state index in [1.165, 1.54) is 5.56 Å². The Hall–Kier alpha value is -0.990. The molecule has 2 atom stereocenters. The van der Waals surface area contributed by atoms with Crippen LogP contribution in [0.1, 0.15) is 25.3 Å². The summed E-state index contributed by atoms with van der Waals surface area (Å²) in [6.45, 7) is 3.08. The lowest BCUT2D eigenvalue weighted by Crippen LogP contribution is -2.36. The fourth-order valence-electron chi connectivity index (χ4n) is 2.13. The van der Waals surface area contributed by atoms with Crippen molar-refractivity contribution in [3.05, 3.63) is 47.2 Å². The molecule has 0 spiro atoms. The number of benzene rings is 1. The number of hydrogen-bond acceptors (Lipinski definition) is 2. The van der Waals surface area contributed by atoms with Gasteiger partial charge in [-0.2, -0.15) is 0 Å². The van der Waals surface area contributed by atoms with E-state index in [1.807, 2.05) is 24.5 Å². The number of allylic oxidation sites excluding steroid dienone is 1. The van der Waals surface area contributed by atoms with Crippen molar-refractivity contribution in [3.8, 4) is 0 Å². The minimum atomic E-state index is 0.309. The van der Waals surface area contributed by atoms with E-state index in [0.717, 1.165) is 30.8 Å². The van der Waals surface area contributed by atoms with Crippen LogP contribution >= 0.6 is 11.6 Å². The van der Waals surface area contributed by atoms with Gasteiger partial charge in [0.1, 0.15) is 6.10 Å². The number of hydrogen-bond donors (Lipinski definition) is 1. The maximum Gasteiger partial charge on any atom is 0.110 e. The molecule has 0 amide bonds. The van der Waals surface area contributed by atoms with E-state index >= 15 is 0 Å². The van der Waals surface area contributed by atoms with Crippen LogP contribution in [0.3, 0.4) is 0 Å². The highest BCUT2D eigenvalue weighted by Crippen LogP contribution is 2.16. The van der Waals surface area contributed by atoms with Gasteiger partial charge in [-0.1, -0.05) is 29.8 Å². The van der Waals surface area contributed by atoms with Gasteiger partial charge in [-0.3, -0.25) is 0 Å². The maximum atomic E-state index is 6.16. The van der Waals surface area contributed by atoms with Crippen LogP contribution < -0.4 is 5.32 Å². The monoisotopic (exact) mass is 265 g/mol. The molecule has 2 nitrogen and oxygen atoms in total. The Morgan fingerprint density at radius 2 is 2.28 bits per heavy atom. The Kier molecular flexibility index (Phi) is 5.09. The first-order valence-corrected chi connectivity index (χ1v) is 6.91. The normalized spacial score (nSPS) is 20.4. The van der Waals surface area contributed by atoms with Crippen LogP contribution in [-0.4, -0.2) is 18.7 Å². The summed E-state index contributed by atoms with van der Waals surface area (Å²) in [4.78, 5) is 0. The van der Waals surface area contributed by atoms with E-state index in [-0.39, 0.29) is 0 Å². The second-order valence-corrected chi connectivity index (χ2v) is 5.22. The van der Waals surface area contributed by atoms with Gasteiger partial charge in [-0.05, 0) is 43.9 Å². The van der Waals surface area contributed by atoms with E-state index in [4.69, 9.17) is 16.3 Å². The zero-order valence-corrected chi connectivity index (χ0v) is 11.5. The molecule has 1 aromatic carbocycles. The molecular formula is C15H20ClNO. The van der Waals surface area contributed by atoms with Crippen molar-refractivity contribution in [2.45, 2.75) is 38.3 Å². The first-order chi connectivity index (χ1) is 8.75. The Bertz CT molecular complexity index is 405. The highest BCUT2D eigenvalue weighted by molar-refractivity contribution is 6.31. The second kappa shape index (κ2) is 6.81. The number of rotatable bonds is 5. The van der Waals surface area contributed by atoms with Crippen molar-refractivity contribution < 1.29 is 4.74 Å². The molecule has 0 aliphatic carbocycles. The van der Waals surface area contributed by atoms with Crippen molar-refractivity contribution in [1.82, 2.24) is 5.32 Å². The van der Waals surface area contributed by atoms with E-state index in [1.54, 1.807) is 0 Å². The number of halogens is 1. The first kappa shape index (κ1) is 13.4.